The Morgan fingerprint density at radius 1 is 1.07 bits per heavy atom. The molecule has 1 aliphatic carbocycles. The Bertz CT molecular complexity index is 811. The van der Waals surface area contributed by atoms with E-state index in [1.54, 1.807) is 18.2 Å². The quantitative estimate of drug-likeness (QED) is 0.671. The van der Waals surface area contributed by atoms with Gasteiger partial charge < -0.3 is 10.0 Å². The van der Waals surface area contributed by atoms with Gasteiger partial charge in [0.05, 0.1) is 16.9 Å². The van der Waals surface area contributed by atoms with Crippen LogP contribution in [0.1, 0.15) is 43.2 Å². The van der Waals surface area contributed by atoms with E-state index in [4.69, 9.17) is 0 Å². The van der Waals surface area contributed by atoms with Gasteiger partial charge in [-0.25, -0.2) is 0 Å². The van der Waals surface area contributed by atoms with Crippen LogP contribution in [-0.2, 0) is 6.18 Å². The van der Waals surface area contributed by atoms with Gasteiger partial charge in [0.2, 0.25) is 0 Å². The SMILES string of the molecule is CN(c1ccc(C(F)(F)F)cc1N=Cc1ccccc1O)C1CCCCC1. The fraction of sp³-hybridized carbons (Fsp3) is 0.381. The van der Waals surface area contributed by atoms with Crippen LogP contribution in [0.2, 0.25) is 0 Å². The van der Waals surface area contributed by atoms with Gasteiger partial charge >= 0.3 is 6.18 Å². The highest BCUT2D eigenvalue weighted by Crippen LogP contribution is 2.38. The summed E-state index contributed by atoms with van der Waals surface area (Å²) in [5, 5.41) is 9.87. The summed E-state index contributed by atoms with van der Waals surface area (Å²) in [6, 6.07) is 10.6. The van der Waals surface area contributed by atoms with Crippen LogP contribution in [0.4, 0.5) is 24.5 Å². The molecule has 3 rings (SSSR count). The maximum Gasteiger partial charge on any atom is 0.416 e. The molecule has 0 heterocycles. The summed E-state index contributed by atoms with van der Waals surface area (Å²) >= 11 is 0. The molecule has 0 atom stereocenters. The third kappa shape index (κ3) is 4.62. The Hall–Kier alpha value is -2.50. The van der Waals surface area contributed by atoms with Crippen molar-refractivity contribution in [2.24, 2.45) is 4.99 Å². The van der Waals surface area contributed by atoms with E-state index in [1.165, 1.54) is 24.8 Å². The third-order valence-electron chi connectivity index (χ3n) is 5.08. The molecule has 0 bridgehead atoms. The number of hydrogen-bond acceptors (Lipinski definition) is 3. The Morgan fingerprint density at radius 3 is 2.44 bits per heavy atom. The van der Waals surface area contributed by atoms with Crippen LogP contribution in [0.5, 0.6) is 5.75 Å². The van der Waals surface area contributed by atoms with E-state index in [1.807, 2.05) is 11.9 Å². The van der Waals surface area contributed by atoms with Crippen molar-refractivity contribution in [1.29, 1.82) is 0 Å². The van der Waals surface area contributed by atoms with Crippen molar-refractivity contribution in [2.45, 2.75) is 44.3 Å². The Balaban J connectivity index is 1.98. The molecular formula is C21H23F3N2O. The van der Waals surface area contributed by atoms with Crippen molar-refractivity contribution in [3.05, 3.63) is 53.6 Å². The predicted molar refractivity (Wildman–Crippen MR) is 102 cm³/mol. The normalized spacial score (nSPS) is 16.0. The summed E-state index contributed by atoms with van der Waals surface area (Å²) in [4.78, 5) is 6.34. The van der Waals surface area contributed by atoms with Crippen molar-refractivity contribution >= 4 is 17.6 Å². The van der Waals surface area contributed by atoms with Gasteiger partial charge in [0.25, 0.3) is 0 Å². The predicted octanol–water partition coefficient (Wildman–Crippen LogP) is 5.93. The van der Waals surface area contributed by atoms with Crippen LogP contribution >= 0.6 is 0 Å². The molecule has 0 radical (unpaired) electrons. The molecule has 144 valence electrons. The standard InChI is InChI=1S/C21H23F3N2O/c1-26(17-8-3-2-4-9-17)19-12-11-16(21(22,23)24)13-18(19)25-14-15-7-5-6-10-20(15)27/h5-7,10-14,17,27H,2-4,8-9H2,1H3. The highest BCUT2D eigenvalue weighted by Gasteiger charge is 2.31. The third-order valence-corrected chi connectivity index (χ3v) is 5.08. The van der Waals surface area contributed by atoms with Crippen LogP contribution in [-0.4, -0.2) is 24.4 Å². The van der Waals surface area contributed by atoms with Gasteiger partial charge in [-0.2, -0.15) is 13.2 Å². The minimum absolute atomic E-state index is 0.0374. The zero-order chi connectivity index (χ0) is 19.4. The molecule has 0 aromatic heterocycles. The second-order valence-corrected chi connectivity index (χ2v) is 6.92. The monoisotopic (exact) mass is 376 g/mol. The summed E-state index contributed by atoms with van der Waals surface area (Å²) in [7, 11) is 1.91. The number of para-hydroxylation sites is 1. The van der Waals surface area contributed by atoms with Gasteiger partial charge in [0, 0.05) is 24.9 Å². The molecule has 2 aromatic carbocycles. The molecule has 27 heavy (non-hydrogen) atoms. The first-order valence-corrected chi connectivity index (χ1v) is 9.12. The van der Waals surface area contributed by atoms with Gasteiger partial charge in [-0.15, -0.1) is 0 Å². The van der Waals surface area contributed by atoms with Gasteiger partial charge in [0.1, 0.15) is 5.75 Å². The van der Waals surface area contributed by atoms with Crippen LogP contribution in [0.15, 0.2) is 47.5 Å². The van der Waals surface area contributed by atoms with E-state index in [-0.39, 0.29) is 11.4 Å². The summed E-state index contributed by atoms with van der Waals surface area (Å²) in [5.74, 6) is 0.0374. The van der Waals surface area contributed by atoms with E-state index in [0.717, 1.165) is 37.8 Å². The number of benzene rings is 2. The number of anilines is 1. The first-order chi connectivity index (χ1) is 12.9. The van der Waals surface area contributed by atoms with Crippen molar-refractivity contribution in [1.82, 2.24) is 0 Å². The molecule has 0 aliphatic heterocycles. The van der Waals surface area contributed by atoms with Crippen LogP contribution in [0, 0.1) is 0 Å². The van der Waals surface area contributed by atoms with Crippen molar-refractivity contribution in [2.75, 3.05) is 11.9 Å². The number of phenols is 1. The summed E-state index contributed by atoms with van der Waals surface area (Å²) in [6.45, 7) is 0. The molecule has 1 aliphatic rings. The lowest BCUT2D eigenvalue weighted by Gasteiger charge is -2.33. The zero-order valence-electron chi connectivity index (χ0n) is 15.2. The largest absolute Gasteiger partial charge is 0.507 e. The number of halogens is 3. The Morgan fingerprint density at radius 2 is 1.78 bits per heavy atom. The minimum Gasteiger partial charge on any atom is -0.507 e. The number of phenolic OH excluding ortho intramolecular Hbond substituents is 1. The first-order valence-electron chi connectivity index (χ1n) is 9.12. The number of nitrogens with zero attached hydrogens (tertiary/aromatic N) is 2. The summed E-state index contributed by atoms with van der Waals surface area (Å²) in [5.41, 5.74) is 0.650. The van der Waals surface area contributed by atoms with E-state index < -0.39 is 11.7 Å². The Labute approximate surface area is 157 Å². The molecule has 2 aromatic rings. The molecule has 1 fully saturated rings. The van der Waals surface area contributed by atoms with Gasteiger partial charge in [0.15, 0.2) is 0 Å². The van der Waals surface area contributed by atoms with E-state index in [0.29, 0.717) is 17.3 Å². The average Bonchev–Trinajstić information content (AvgIpc) is 2.66. The summed E-state index contributed by atoms with van der Waals surface area (Å²) < 4.78 is 39.5. The van der Waals surface area contributed by atoms with Crippen molar-refractivity contribution < 1.29 is 18.3 Å². The second kappa shape index (κ2) is 8.03. The molecule has 3 nitrogen and oxygen atoms in total. The number of alkyl halides is 3. The average molecular weight is 376 g/mol. The fourth-order valence-corrected chi connectivity index (χ4v) is 3.50. The molecule has 0 spiro atoms. The molecule has 0 unspecified atom stereocenters. The van der Waals surface area contributed by atoms with E-state index in [2.05, 4.69) is 4.99 Å². The molecule has 0 amide bonds. The second-order valence-electron chi connectivity index (χ2n) is 6.92. The highest BCUT2D eigenvalue weighted by molar-refractivity contribution is 5.87. The van der Waals surface area contributed by atoms with Gasteiger partial charge in [-0.1, -0.05) is 31.4 Å². The topological polar surface area (TPSA) is 35.8 Å². The maximum absolute atomic E-state index is 13.2. The fourth-order valence-electron chi connectivity index (χ4n) is 3.50. The molecule has 1 saturated carbocycles. The number of aromatic hydroxyl groups is 1. The lowest BCUT2D eigenvalue weighted by molar-refractivity contribution is -0.137. The molecular weight excluding hydrogens is 353 g/mol. The van der Waals surface area contributed by atoms with Crippen molar-refractivity contribution in [3.8, 4) is 5.75 Å². The van der Waals surface area contributed by atoms with Gasteiger partial charge in [-0.3, -0.25) is 4.99 Å². The smallest absolute Gasteiger partial charge is 0.416 e. The molecule has 0 saturated heterocycles. The van der Waals surface area contributed by atoms with Crippen LogP contribution in [0.3, 0.4) is 0 Å². The van der Waals surface area contributed by atoms with E-state index >= 15 is 0 Å². The summed E-state index contributed by atoms with van der Waals surface area (Å²) in [6.07, 6.45) is 2.50. The maximum atomic E-state index is 13.2. The highest BCUT2D eigenvalue weighted by atomic mass is 19.4. The van der Waals surface area contributed by atoms with Gasteiger partial charge in [-0.05, 0) is 43.2 Å². The number of rotatable bonds is 4. The van der Waals surface area contributed by atoms with Crippen LogP contribution < -0.4 is 4.90 Å². The van der Waals surface area contributed by atoms with Crippen LogP contribution in [0.25, 0.3) is 0 Å². The first kappa shape index (κ1) is 19.3. The van der Waals surface area contributed by atoms with E-state index in [9.17, 15) is 18.3 Å². The zero-order valence-corrected chi connectivity index (χ0v) is 15.2. The number of aliphatic imine (C=N–C) groups is 1. The minimum atomic E-state index is -4.43. The van der Waals surface area contributed by atoms with Crippen molar-refractivity contribution in [3.63, 3.8) is 0 Å². The molecule has 1 N–H and O–H groups in total. The lowest BCUT2D eigenvalue weighted by Crippen LogP contribution is -2.33. The number of hydrogen-bond donors (Lipinski definition) is 1. The Kier molecular flexibility index (Phi) is 5.73. The molecule has 6 heteroatoms. The lowest BCUT2D eigenvalue weighted by atomic mass is 9.94.